The van der Waals surface area contributed by atoms with Crippen molar-refractivity contribution in [3.63, 3.8) is 0 Å². The molecule has 0 saturated carbocycles. The predicted molar refractivity (Wildman–Crippen MR) is 125 cm³/mol. The summed E-state index contributed by atoms with van der Waals surface area (Å²) in [6, 6.07) is 21.9. The molecule has 4 rings (SSSR count). The van der Waals surface area contributed by atoms with Gasteiger partial charge in [-0.25, -0.2) is 14.2 Å². The fraction of sp³-hybridized carbons (Fsp3) is 0.154. The molecule has 32 heavy (non-hydrogen) atoms. The van der Waals surface area contributed by atoms with Crippen LogP contribution in [0.3, 0.4) is 0 Å². The lowest BCUT2D eigenvalue weighted by atomic mass is 10.1. The van der Waals surface area contributed by atoms with E-state index in [4.69, 9.17) is 14.5 Å². The number of fused-ring (bicyclic) bond motifs is 1. The van der Waals surface area contributed by atoms with Crippen molar-refractivity contribution >= 4 is 28.6 Å². The van der Waals surface area contributed by atoms with Gasteiger partial charge >= 0.3 is 5.97 Å². The van der Waals surface area contributed by atoms with Crippen molar-refractivity contribution in [2.75, 3.05) is 7.11 Å². The first kappa shape index (κ1) is 21.8. The molecule has 0 amide bonds. The number of hydrogen-bond donors (Lipinski definition) is 0. The Bertz CT molecular complexity index is 1260. The molecule has 0 aliphatic carbocycles. The molecule has 162 valence electrons. The number of para-hydroxylation sites is 1. The van der Waals surface area contributed by atoms with E-state index in [9.17, 15) is 9.18 Å². The van der Waals surface area contributed by atoms with E-state index in [0.29, 0.717) is 28.7 Å². The highest BCUT2D eigenvalue weighted by Crippen LogP contribution is 2.37. The maximum Gasteiger partial charge on any atom is 0.344 e. The van der Waals surface area contributed by atoms with Gasteiger partial charge in [0.2, 0.25) is 0 Å². The smallest absolute Gasteiger partial charge is 0.344 e. The first-order chi connectivity index (χ1) is 15.5. The van der Waals surface area contributed by atoms with Crippen molar-refractivity contribution < 1.29 is 18.7 Å². The Morgan fingerprint density at radius 2 is 1.78 bits per heavy atom. The first-order valence-electron chi connectivity index (χ1n) is 10.1. The summed E-state index contributed by atoms with van der Waals surface area (Å²) >= 11 is 1.39. The van der Waals surface area contributed by atoms with E-state index in [1.165, 1.54) is 31.0 Å². The van der Waals surface area contributed by atoms with Crippen LogP contribution in [0.2, 0.25) is 0 Å². The van der Waals surface area contributed by atoms with Crippen LogP contribution in [0.15, 0.2) is 77.8 Å². The maximum absolute atomic E-state index is 13.2. The lowest BCUT2D eigenvalue weighted by molar-refractivity contribution is 0.0590. The highest BCUT2D eigenvalue weighted by Gasteiger charge is 2.24. The summed E-state index contributed by atoms with van der Waals surface area (Å²) in [7, 11) is 1.34. The summed E-state index contributed by atoms with van der Waals surface area (Å²) in [6.45, 7) is 2.33. The van der Waals surface area contributed by atoms with Gasteiger partial charge in [0.05, 0.1) is 12.6 Å². The van der Waals surface area contributed by atoms with Crippen LogP contribution in [0.4, 0.5) is 4.39 Å². The number of esters is 1. The minimum absolute atomic E-state index is 0.287. The number of pyridine rings is 1. The van der Waals surface area contributed by atoms with Gasteiger partial charge in [-0.05, 0) is 42.3 Å². The van der Waals surface area contributed by atoms with Gasteiger partial charge in [-0.1, -0.05) is 54.1 Å². The van der Waals surface area contributed by atoms with Crippen molar-refractivity contribution in [1.29, 1.82) is 0 Å². The topological polar surface area (TPSA) is 48.4 Å². The number of rotatable bonds is 7. The molecular formula is C26H22FNO3S. The second kappa shape index (κ2) is 9.83. The molecule has 6 heteroatoms. The molecule has 3 aromatic carbocycles. The van der Waals surface area contributed by atoms with Crippen LogP contribution in [0.5, 0.6) is 5.75 Å². The second-order valence-electron chi connectivity index (χ2n) is 7.32. The number of halogens is 1. The lowest BCUT2D eigenvalue weighted by Gasteiger charge is -2.16. The summed E-state index contributed by atoms with van der Waals surface area (Å²) in [5.74, 6) is 0.173. The van der Waals surface area contributed by atoms with Crippen molar-refractivity contribution in [1.82, 2.24) is 4.98 Å². The van der Waals surface area contributed by atoms with Crippen LogP contribution < -0.4 is 4.74 Å². The van der Waals surface area contributed by atoms with Gasteiger partial charge in [0, 0.05) is 11.1 Å². The van der Waals surface area contributed by atoms with Crippen LogP contribution in [-0.2, 0) is 17.1 Å². The summed E-state index contributed by atoms with van der Waals surface area (Å²) in [5, 5.41) is 1.26. The van der Waals surface area contributed by atoms with E-state index < -0.39 is 5.97 Å². The third-order valence-corrected chi connectivity index (χ3v) is 6.00. The number of thioether (sulfide) groups is 1. The fourth-order valence-electron chi connectivity index (χ4n) is 3.39. The fourth-order valence-corrected chi connectivity index (χ4v) is 4.37. The van der Waals surface area contributed by atoms with E-state index in [0.717, 1.165) is 27.6 Å². The Kier molecular flexibility index (Phi) is 6.71. The van der Waals surface area contributed by atoms with Crippen molar-refractivity contribution in [3.05, 3.63) is 101 Å². The largest absolute Gasteiger partial charge is 0.487 e. The Hall–Kier alpha value is -3.38. The molecule has 0 spiro atoms. The second-order valence-corrected chi connectivity index (χ2v) is 8.29. The molecular weight excluding hydrogens is 425 g/mol. The highest BCUT2D eigenvalue weighted by atomic mass is 32.2. The Balaban J connectivity index is 1.74. The van der Waals surface area contributed by atoms with Gasteiger partial charge in [-0.2, -0.15) is 0 Å². The Morgan fingerprint density at radius 3 is 2.53 bits per heavy atom. The van der Waals surface area contributed by atoms with Crippen LogP contribution in [0.1, 0.15) is 27.0 Å². The van der Waals surface area contributed by atoms with E-state index in [1.807, 2.05) is 55.5 Å². The minimum atomic E-state index is -0.510. The summed E-state index contributed by atoms with van der Waals surface area (Å²) < 4.78 is 24.5. The molecule has 0 radical (unpaired) electrons. The number of aryl methyl sites for hydroxylation is 1. The standard InChI is InChI=1S/C26H22FNO3S/c1-17-6-5-7-19(14-17)15-31-24-21-8-3-4-9-22(21)28-25(23(24)26(29)30-2)32-16-18-10-12-20(27)13-11-18/h3-14H,15-16H2,1-2H3. The molecule has 4 nitrogen and oxygen atoms in total. The maximum atomic E-state index is 13.2. The summed E-state index contributed by atoms with van der Waals surface area (Å²) in [5.41, 5.74) is 4.08. The third kappa shape index (κ3) is 4.92. The zero-order chi connectivity index (χ0) is 22.5. The lowest BCUT2D eigenvalue weighted by Crippen LogP contribution is -2.10. The van der Waals surface area contributed by atoms with Crippen molar-refractivity contribution in [2.45, 2.75) is 24.3 Å². The molecule has 0 aliphatic heterocycles. The normalized spacial score (nSPS) is 10.8. The van der Waals surface area contributed by atoms with Gasteiger partial charge < -0.3 is 9.47 Å². The average molecular weight is 448 g/mol. The van der Waals surface area contributed by atoms with Crippen molar-refractivity contribution in [3.8, 4) is 5.75 Å². The molecule has 0 unspecified atom stereocenters. The molecule has 4 aromatic rings. The number of aromatic nitrogens is 1. The van der Waals surface area contributed by atoms with E-state index >= 15 is 0 Å². The van der Waals surface area contributed by atoms with Gasteiger partial charge in [0.1, 0.15) is 28.8 Å². The van der Waals surface area contributed by atoms with Crippen LogP contribution >= 0.6 is 11.8 Å². The minimum Gasteiger partial charge on any atom is -0.487 e. The van der Waals surface area contributed by atoms with Crippen molar-refractivity contribution in [2.24, 2.45) is 0 Å². The monoisotopic (exact) mass is 447 g/mol. The molecule has 1 aromatic heterocycles. The van der Waals surface area contributed by atoms with Gasteiger partial charge in [-0.15, -0.1) is 11.8 Å². The Labute approximate surface area is 190 Å². The molecule has 0 saturated heterocycles. The van der Waals surface area contributed by atoms with Crippen LogP contribution in [-0.4, -0.2) is 18.1 Å². The number of nitrogens with zero attached hydrogens (tertiary/aromatic N) is 1. The zero-order valence-electron chi connectivity index (χ0n) is 17.8. The average Bonchev–Trinajstić information content (AvgIpc) is 2.81. The van der Waals surface area contributed by atoms with E-state index in [1.54, 1.807) is 12.1 Å². The molecule has 0 N–H and O–H groups in total. The zero-order valence-corrected chi connectivity index (χ0v) is 18.6. The predicted octanol–water partition coefficient (Wildman–Crippen LogP) is 6.34. The molecule has 0 fully saturated rings. The number of ether oxygens (including phenoxy) is 2. The van der Waals surface area contributed by atoms with E-state index in [2.05, 4.69) is 0 Å². The van der Waals surface area contributed by atoms with Crippen LogP contribution in [0.25, 0.3) is 10.9 Å². The van der Waals surface area contributed by atoms with Gasteiger partial charge in [0.15, 0.2) is 0 Å². The van der Waals surface area contributed by atoms with E-state index in [-0.39, 0.29) is 5.82 Å². The first-order valence-corrected chi connectivity index (χ1v) is 11.1. The number of carbonyl (C=O) groups is 1. The van der Waals surface area contributed by atoms with Crippen LogP contribution in [0, 0.1) is 12.7 Å². The number of hydrogen-bond acceptors (Lipinski definition) is 5. The van der Waals surface area contributed by atoms with Gasteiger partial charge in [0.25, 0.3) is 0 Å². The number of carbonyl (C=O) groups excluding carboxylic acids is 1. The molecule has 0 bridgehead atoms. The highest BCUT2D eigenvalue weighted by molar-refractivity contribution is 7.98. The quantitative estimate of drug-likeness (QED) is 0.244. The molecule has 0 atom stereocenters. The third-order valence-electron chi connectivity index (χ3n) is 4.96. The summed E-state index contributed by atoms with van der Waals surface area (Å²) in [4.78, 5) is 17.5. The molecule has 0 aliphatic rings. The molecule has 1 heterocycles. The summed E-state index contributed by atoms with van der Waals surface area (Å²) in [6.07, 6.45) is 0. The Morgan fingerprint density at radius 1 is 1.00 bits per heavy atom. The number of methoxy groups -OCH3 is 1. The van der Waals surface area contributed by atoms with Gasteiger partial charge in [-0.3, -0.25) is 0 Å². The number of benzene rings is 3. The SMILES string of the molecule is COC(=O)c1c(SCc2ccc(F)cc2)nc2ccccc2c1OCc1cccc(C)c1.